The maximum atomic E-state index is 13.5. The van der Waals surface area contributed by atoms with Crippen molar-refractivity contribution in [2.45, 2.75) is 26.5 Å². The Labute approximate surface area is 174 Å². The van der Waals surface area contributed by atoms with Gasteiger partial charge in [0, 0.05) is 11.3 Å². The number of nitrogens with one attached hydrogen (secondary N) is 1. The van der Waals surface area contributed by atoms with E-state index in [1.54, 1.807) is 13.2 Å². The highest BCUT2D eigenvalue weighted by Crippen LogP contribution is 2.26. The third-order valence-corrected chi connectivity index (χ3v) is 5.55. The zero-order chi connectivity index (χ0) is 21.0. The van der Waals surface area contributed by atoms with E-state index in [1.165, 1.54) is 29.5 Å². The molecule has 29 heavy (non-hydrogen) atoms. The third-order valence-electron chi connectivity index (χ3n) is 4.57. The van der Waals surface area contributed by atoms with Gasteiger partial charge in [0.25, 0.3) is 0 Å². The van der Waals surface area contributed by atoms with Crippen molar-refractivity contribution in [2.24, 2.45) is 0 Å². The quantitative estimate of drug-likeness (QED) is 0.604. The topological polar surface area (TPSA) is 56.1 Å². The van der Waals surface area contributed by atoms with Crippen LogP contribution in [0.2, 0.25) is 0 Å². The predicted octanol–water partition coefficient (Wildman–Crippen LogP) is 4.82. The number of rotatable bonds is 7. The number of amides is 1. The highest BCUT2D eigenvalue weighted by Gasteiger charge is 2.15. The number of hydrogen-bond donors (Lipinski definition) is 1. The molecular weight excluding hydrogens is 389 g/mol. The number of ether oxygens (including phenoxy) is 1. The molecular formula is C22H24FN3O2S. The second-order valence-corrected chi connectivity index (χ2v) is 7.78. The highest BCUT2D eigenvalue weighted by molar-refractivity contribution is 7.99. The van der Waals surface area contributed by atoms with Gasteiger partial charge in [-0.15, -0.1) is 11.8 Å². The Balaban J connectivity index is 1.64. The number of carbonyl (C=O) groups is 1. The number of halogens is 1. The average molecular weight is 414 g/mol. The number of aryl methyl sites for hydroxylation is 2. The van der Waals surface area contributed by atoms with Crippen molar-refractivity contribution in [3.05, 3.63) is 70.8 Å². The second kappa shape index (κ2) is 9.13. The maximum absolute atomic E-state index is 13.5. The molecule has 0 atom stereocenters. The van der Waals surface area contributed by atoms with Gasteiger partial charge < -0.3 is 10.1 Å². The van der Waals surface area contributed by atoms with Gasteiger partial charge in [-0.25, -0.2) is 9.07 Å². The summed E-state index contributed by atoms with van der Waals surface area (Å²) in [6.07, 6.45) is 0. The molecule has 7 heteroatoms. The number of thioether (sulfide) groups is 1. The minimum Gasteiger partial charge on any atom is -0.496 e. The van der Waals surface area contributed by atoms with Crippen LogP contribution in [0.5, 0.6) is 5.75 Å². The molecule has 0 aliphatic rings. The summed E-state index contributed by atoms with van der Waals surface area (Å²) in [5.41, 5.74) is 5.20. The van der Waals surface area contributed by atoms with Crippen LogP contribution in [0.3, 0.4) is 0 Å². The molecule has 0 aliphatic heterocycles. The average Bonchev–Trinajstić information content (AvgIpc) is 2.97. The van der Waals surface area contributed by atoms with Crippen LogP contribution in [0.15, 0.2) is 42.5 Å². The van der Waals surface area contributed by atoms with Crippen molar-refractivity contribution in [2.75, 3.05) is 18.2 Å². The molecule has 152 valence electrons. The lowest BCUT2D eigenvalue weighted by Crippen LogP contribution is -2.15. The van der Waals surface area contributed by atoms with E-state index in [9.17, 15) is 9.18 Å². The van der Waals surface area contributed by atoms with Gasteiger partial charge in [-0.05, 0) is 51.1 Å². The van der Waals surface area contributed by atoms with Crippen LogP contribution >= 0.6 is 11.8 Å². The van der Waals surface area contributed by atoms with E-state index in [4.69, 9.17) is 4.74 Å². The first-order valence-corrected chi connectivity index (χ1v) is 10.4. The minimum absolute atomic E-state index is 0.125. The summed E-state index contributed by atoms with van der Waals surface area (Å²) in [5.74, 6) is 0.898. The van der Waals surface area contributed by atoms with E-state index < -0.39 is 0 Å². The molecule has 0 bridgehead atoms. The van der Waals surface area contributed by atoms with Crippen molar-refractivity contribution in [3.8, 4) is 11.4 Å². The van der Waals surface area contributed by atoms with Gasteiger partial charge in [0.05, 0.1) is 35.6 Å². The van der Waals surface area contributed by atoms with Crippen LogP contribution in [-0.4, -0.2) is 28.6 Å². The lowest BCUT2D eigenvalue weighted by molar-refractivity contribution is -0.113. The highest BCUT2D eigenvalue weighted by atomic mass is 32.2. The zero-order valence-electron chi connectivity index (χ0n) is 17.0. The molecule has 1 aromatic heterocycles. The van der Waals surface area contributed by atoms with Gasteiger partial charge in [-0.2, -0.15) is 5.10 Å². The summed E-state index contributed by atoms with van der Waals surface area (Å²) in [6, 6.07) is 12.5. The number of methoxy groups -OCH3 is 1. The molecule has 0 saturated heterocycles. The first-order chi connectivity index (χ1) is 13.9. The van der Waals surface area contributed by atoms with E-state index >= 15 is 0 Å². The summed E-state index contributed by atoms with van der Waals surface area (Å²) in [5, 5.41) is 7.52. The number of carbonyl (C=O) groups excluding carboxylic acids is 1. The lowest BCUT2D eigenvalue weighted by atomic mass is 10.2. The van der Waals surface area contributed by atoms with Crippen LogP contribution in [0.1, 0.15) is 22.5 Å². The Kier molecular flexibility index (Phi) is 6.59. The molecule has 0 fully saturated rings. The van der Waals surface area contributed by atoms with Crippen LogP contribution in [0.25, 0.3) is 5.69 Å². The Morgan fingerprint density at radius 3 is 2.59 bits per heavy atom. The Bertz CT molecular complexity index is 1020. The van der Waals surface area contributed by atoms with Crippen molar-refractivity contribution < 1.29 is 13.9 Å². The Hall–Kier alpha value is -2.80. The van der Waals surface area contributed by atoms with E-state index in [1.807, 2.05) is 49.7 Å². The molecule has 0 radical (unpaired) electrons. The molecule has 0 saturated carbocycles. The Morgan fingerprint density at radius 2 is 1.90 bits per heavy atom. The van der Waals surface area contributed by atoms with E-state index in [0.29, 0.717) is 11.5 Å². The van der Waals surface area contributed by atoms with Crippen molar-refractivity contribution in [3.63, 3.8) is 0 Å². The summed E-state index contributed by atoms with van der Waals surface area (Å²) in [6.45, 7) is 5.84. The van der Waals surface area contributed by atoms with Crippen LogP contribution in [-0.2, 0) is 10.5 Å². The number of anilines is 1. The largest absolute Gasteiger partial charge is 0.496 e. The fraction of sp³-hybridized carbons (Fsp3) is 0.273. The van der Waals surface area contributed by atoms with Crippen molar-refractivity contribution >= 4 is 23.4 Å². The van der Waals surface area contributed by atoms with Crippen LogP contribution < -0.4 is 10.1 Å². The molecule has 0 unspecified atom stereocenters. The van der Waals surface area contributed by atoms with Gasteiger partial charge in [0.2, 0.25) is 5.91 Å². The van der Waals surface area contributed by atoms with E-state index in [2.05, 4.69) is 10.4 Å². The molecule has 0 aliphatic carbocycles. The monoisotopic (exact) mass is 413 g/mol. The van der Waals surface area contributed by atoms with Crippen molar-refractivity contribution in [1.29, 1.82) is 0 Å². The molecule has 0 spiro atoms. The van der Waals surface area contributed by atoms with E-state index in [0.717, 1.165) is 28.3 Å². The predicted molar refractivity (Wildman–Crippen MR) is 116 cm³/mol. The SMILES string of the molecule is COc1ccc(F)cc1CSCC(=O)Nc1c(C)nn(-c2ccc(C)cc2)c1C. The van der Waals surface area contributed by atoms with E-state index in [-0.39, 0.29) is 17.5 Å². The summed E-state index contributed by atoms with van der Waals surface area (Å²) in [4.78, 5) is 12.4. The zero-order valence-corrected chi connectivity index (χ0v) is 17.8. The molecule has 1 N–H and O–H groups in total. The second-order valence-electron chi connectivity index (χ2n) is 6.79. The van der Waals surface area contributed by atoms with Crippen LogP contribution in [0.4, 0.5) is 10.1 Å². The third kappa shape index (κ3) is 4.98. The molecule has 1 amide bonds. The van der Waals surface area contributed by atoms with Gasteiger partial charge in [0.1, 0.15) is 11.6 Å². The smallest absolute Gasteiger partial charge is 0.234 e. The molecule has 3 aromatic rings. The number of hydrogen-bond acceptors (Lipinski definition) is 4. The number of nitrogens with zero attached hydrogens (tertiary/aromatic N) is 2. The van der Waals surface area contributed by atoms with Gasteiger partial charge in [-0.1, -0.05) is 17.7 Å². The number of aromatic nitrogens is 2. The summed E-state index contributed by atoms with van der Waals surface area (Å²) in [7, 11) is 1.55. The molecule has 2 aromatic carbocycles. The fourth-order valence-electron chi connectivity index (χ4n) is 3.05. The van der Waals surface area contributed by atoms with Crippen LogP contribution in [0, 0.1) is 26.6 Å². The molecule has 5 nitrogen and oxygen atoms in total. The minimum atomic E-state index is -0.319. The van der Waals surface area contributed by atoms with Gasteiger partial charge in [-0.3, -0.25) is 4.79 Å². The van der Waals surface area contributed by atoms with Crippen molar-refractivity contribution in [1.82, 2.24) is 9.78 Å². The molecule has 3 rings (SSSR count). The normalized spacial score (nSPS) is 10.8. The maximum Gasteiger partial charge on any atom is 0.234 e. The first kappa shape index (κ1) is 20.9. The standard InChI is InChI=1S/C22H24FN3O2S/c1-14-5-8-19(9-6-14)26-16(3)22(15(2)25-26)24-21(27)13-29-12-17-11-18(23)7-10-20(17)28-4/h5-11H,12-13H2,1-4H3,(H,24,27). The molecule has 1 heterocycles. The first-order valence-electron chi connectivity index (χ1n) is 9.22. The fourth-order valence-corrected chi connectivity index (χ4v) is 3.86. The summed E-state index contributed by atoms with van der Waals surface area (Å²) < 4.78 is 20.5. The summed E-state index contributed by atoms with van der Waals surface area (Å²) >= 11 is 1.40. The van der Waals surface area contributed by atoms with Gasteiger partial charge >= 0.3 is 0 Å². The van der Waals surface area contributed by atoms with Gasteiger partial charge in [0.15, 0.2) is 0 Å². The lowest BCUT2D eigenvalue weighted by Gasteiger charge is -2.09. The number of benzene rings is 2. The Morgan fingerprint density at radius 1 is 1.17 bits per heavy atom.